The number of nitro groups is 2. The Morgan fingerprint density at radius 2 is 1.50 bits per heavy atom. The Hall–Kier alpha value is -3.09. The first-order valence-corrected chi connectivity index (χ1v) is 5.52. The molecular formula is C13H8N2O5. The molecule has 0 saturated carbocycles. The van der Waals surface area contributed by atoms with Crippen LogP contribution in [0.1, 0.15) is 10.4 Å². The Kier molecular flexibility index (Phi) is 3.52. The van der Waals surface area contributed by atoms with Gasteiger partial charge in [0.2, 0.25) is 0 Å². The van der Waals surface area contributed by atoms with Crippen LogP contribution in [-0.4, -0.2) is 16.1 Å². The number of rotatable bonds is 4. The van der Waals surface area contributed by atoms with Crippen LogP contribution in [0.3, 0.4) is 0 Å². The Morgan fingerprint density at radius 1 is 0.850 bits per heavy atom. The highest BCUT2D eigenvalue weighted by Crippen LogP contribution is 2.38. The van der Waals surface area contributed by atoms with Crippen LogP contribution in [0.5, 0.6) is 0 Å². The van der Waals surface area contributed by atoms with Gasteiger partial charge >= 0.3 is 11.4 Å². The third-order valence-electron chi connectivity index (χ3n) is 2.77. The Bertz CT molecular complexity index is 712. The Labute approximate surface area is 112 Å². The first kappa shape index (κ1) is 13.3. The van der Waals surface area contributed by atoms with Gasteiger partial charge in [-0.05, 0) is 11.6 Å². The van der Waals surface area contributed by atoms with Crippen LogP contribution >= 0.6 is 0 Å². The minimum Gasteiger partial charge on any atom is -0.298 e. The summed E-state index contributed by atoms with van der Waals surface area (Å²) in [5.41, 5.74) is -0.652. The molecule has 0 aliphatic heterocycles. The normalized spacial score (nSPS) is 10.0. The van der Waals surface area contributed by atoms with Crippen LogP contribution < -0.4 is 0 Å². The summed E-state index contributed by atoms with van der Waals surface area (Å²) in [7, 11) is 0. The maximum Gasteiger partial charge on any atom is 0.353 e. The van der Waals surface area contributed by atoms with Crippen molar-refractivity contribution in [3.8, 4) is 11.1 Å². The number of aldehydes is 1. The summed E-state index contributed by atoms with van der Waals surface area (Å²) in [6, 6.07) is 10.0. The molecule has 20 heavy (non-hydrogen) atoms. The quantitative estimate of drug-likeness (QED) is 0.483. The van der Waals surface area contributed by atoms with E-state index >= 15 is 0 Å². The summed E-state index contributed by atoms with van der Waals surface area (Å²) < 4.78 is 0. The number of carbonyl (C=O) groups excluding carboxylic acids is 1. The largest absolute Gasteiger partial charge is 0.353 e. The van der Waals surface area contributed by atoms with E-state index in [9.17, 15) is 25.0 Å². The van der Waals surface area contributed by atoms with Gasteiger partial charge in [0.05, 0.1) is 15.4 Å². The van der Waals surface area contributed by atoms with E-state index in [1.807, 2.05) is 0 Å². The number of nitrogens with zero attached hydrogens (tertiary/aromatic N) is 2. The van der Waals surface area contributed by atoms with Gasteiger partial charge in [0.1, 0.15) is 0 Å². The van der Waals surface area contributed by atoms with E-state index in [1.165, 1.54) is 24.3 Å². The fourth-order valence-electron chi connectivity index (χ4n) is 1.93. The van der Waals surface area contributed by atoms with E-state index in [0.717, 1.165) is 6.07 Å². The molecule has 7 heteroatoms. The molecule has 0 fully saturated rings. The van der Waals surface area contributed by atoms with Gasteiger partial charge in [0, 0.05) is 11.6 Å². The number of carbonyl (C=O) groups is 1. The average molecular weight is 272 g/mol. The number of hydrogen-bond acceptors (Lipinski definition) is 5. The lowest BCUT2D eigenvalue weighted by Gasteiger charge is -2.05. The van der Waals surface area contributed by atoms with Gasteiger partial charge in [0.15, 0.2) is 6.29 Å². The van der Waals surface area contributed by atoms with Crippen LogP contribution in [0, 0.1) is 20.2 Å². The van der Waals surface area contributed by atoms with Crippen molar-refractivity contribution >= 4 is 17.7 Å². The van der Waals surface area contributed by atoms with Crippen molar-refractivity contribution in [2.45, 2.75) is 0 Å². The molecule has 0 spiro atoms. The molecule has 2 aromatic rings. The highest BCUT2D eigenvalue weighted by Gasteiger charge is 2.29. The van der Waals surface area contributed by atoms with Crippen molar-refractivity contribution in [1.82, 2.24) is 0 Å². The predicted molar refractivity (Wildman–Crippen MR) is 70.6 cm³/mol. The zero-order chi connectivity index (χ0) is 14.7. The molecule has 0 radical (unpaired) electrons. The van der Waals surface area contributed by atoms with Crippen molar-refractivity contribution in [3.05, 3.63) is 68.3 Å². The zero-order valence-electron chi connectivity index (χ0n) is 10.1. The number of hydrogen-bond donors (Lipinski definition) is 0. The van der Waals surface area contributed by atoms with Crippen molar-refractivity contribution in [3.63, 3.8) is 0 Å². The van der Waals surface area contributed by atoms with E-state index in [1.54, 1.807) is 12.1 Å². The topological polar surface area (TPSA) is 103 Å². The first-order valence-electron chi connectivity index (χ1n) is 5.52. The lowest BCUT2D eigenvalue weighted by Crippen LogP contribution is -1.99. The van der Waals surface area contributed by atoms with Gasteiger partial charge in [-0.2, -0.15) is 0 Å². The fourth-order valence-corrected chi connectivity index (χ4v) is 1.93. The summed E-state index contributed by atoms with van der Waals surface area (Å²) in [6.45, 7) is 0. The molecule has 7 nitrogen and oxygen atoms in total. The highest BCUT2D eigenvalue weighted by molar-refractivity contribution is 5.91. The summed E-state index contributed by atoms with van der Waals surface area (Å²) >= 11 is 0. The molecule has 0 aliphatic rings. The van der Waals surface area contributed by atoms with Crippen molar-refractivity contribution in [1.29, 1.82) is 0 Å². The maximum atomic E-state index is 11.1. The fraction of sp³-hybridized carbons (Fsp3) is 0. The lowest BCUT2D eigenvalue weighted by molar-refractivity contribution is -0.422. The molecular weight excluding hydrogens is 264 g/mol. The summed E-state index contributed by atoms with van der Waals surface area (Å²) in [6.07, 6.45) is 0.553. The van der Waals surface area contributed by atoms with Crippen LogP contribution in [0.25, 0.3) is 11.1 Å². The monoisotopic (exact) mass is 272 g/mol. The van der Waals surface area contributed by atoms with Crippen molar-refractivity contribution in [2.75, 3.05) is 0 Å². The predicted octanol–water partition coefficient (Wildman–Crippen LogP) is 2.98. The molecule has 0 N–H and O–H groups in total. The van der Waals surface area contributed by atoms with E-state index in [-0.39, 0.29) is 16.7 Å². The van der Waals surface area contributed by atoms with Crippen LogP contribution in [-0.2, 0) is 0 Å². The lowest BCUT2D eigenvalue weighted by atomic mass is 9.98. The Balaban J connectivity index is 2.81. The van der Waals surface area contributed by atoms with Crippen LogP contribution in [0.15, 0.2) is 42.5 Å². The van der Waals surface area contributed by atoms with Gasteiger partial charge in [0.25, 0.3) is 0 Å². The van der Waals surface area contributed by atoms with Gasteiger partial charge in [-0.3, -0.25) is 25.0 Å². The molecule has 0 saturated heterocycles. The third kappa shape index (κ3) is 2.24. The van der Waals surface area contributed by atoms with Gasteiger partial charge in [-0.15, -0.1) is 0 Å². The maximum absolute atomic E-state index is 11.1. The minimum absolute atomic E-state index is 0.0481. The molecule has 0 amide bonds. The zero-order valence-corrected chi connectivity index (χ0v) is 10.1. The van der Waals surface area contributed by atoms with Gasteiger partial charge in [-0.25, -0.2) is 0 Å². The van der Waals surface area contributed by atoms with Gasteiger partial charge in [-0.1, -0.05) is 30.3 Å². The second-order valence-electron chi connectivity index (χ2n) is 3.89. The molecule has 2 rings (SSSR count). The minimum atomic E-state index is -0.814. The molecule has 0 atom stereocenters. The average Bonchev–Trinajstić information content (AvgIpc) is 2.46. The van der Waals surface area contributed by atoms with Crippen LogP contribution in [0.2, 0.25) is 0 Å². The second kappa shape index (κ2) is 5.27. The van der Waals surface area contributed by atoms with Crippen LogP contribution in [0.4, 0.5) is 11.4 Å². The molecule has 100 valence electrons. The summed E-state index contributed by atoms with van der Waals surface area (Å²) in [5, 5.41) is 22.0. The standard InChI is InChI=1S/C13H8N2O5/c16-8-9-4-1-2-5-10(9)11-6-3-7-12(14(17)18)13(11)15(19)20/h1-8H. The van der Waals surface area contributed by atoms with E-state index in [2.05, 4.69) is 0 Å². The number of benzene rings is 2. The van der Waals surface area contributed by atoms with Gasteiger partial charge < -0.3 is 0 Å². The molecule has 0 aromatic heterocycles. The SMILES string of the molecule is O=Cc1ccccc1-c1cccc([N+](=O)[O-])c1[N+](=O)[O-]. The molecule has 0 aliphatic carbocycles. The molecule has 0 bridgehead atoms. The molecule has 0 unspecified atom stereocenters. The Morgan fingerprint density at radius 3 is 2.10 bits per heavy atom. The number of nitro benzene ring substituents is 2. The molecule has 0 heterocycles. The highest BCUT2D eigenvalue weighted by atomic mass is 16.6. The molecule has 2 aromatic carbocycles. The second-order valence-corrected chi connectivity index (χ2v) is 3.89. The van der Waals surface area contributed by atoms with E-state index in [4.69, 9.17) is 0 Å². The van der Waals surface area contributed by atoms with E-state index in [0.29, 0.717) is 6.29 Å². The van der Waals surface area contributed by atoms with E-state index < -0.39 is 21.2 Å². The smallest absolute Gasteiger partial charge is 0.298 e. The summed E-state index contributed by atoms with van der Waals surface area (Å²) in [4.78, 5) is 31.4. The van der Waals surface area contributed by atoms with Crippen molar-refractivity contribution in [2.24, 2.45) is 0 Å². The number of para-hydroxylation sites is 1. The first-order chi connectivity index (χ1) is 9.56. The van der Waals surface area contributed by atoms with Crippen molar-refractivity contribution < 1.29 is 14.6 Å². The third-order valence-corrected chi connectivity index (χ3v) is 2.77. The summed E-state index contributed by atoms with van der Waals surface area (Å²) in [5.74, 6) is 0.